The van der Waals surface area contributed by atoms with Crippen molar-refractivity contribution in [1.82, 2.24) is 20.9 Å². The second kappa shape index (κ2) is 10.4. The lowest BCUT2D eigenvalue weighted by molar-refractivity contribution is -0.0641. The molecule has 126 valence electrons. The van der Waals surface area contributed by atoms with Crippen molar-refractivity contribution in [3.05, 3.63) is 0 Å². The van der Waals surface area contributed by atoms with E-state index in [9.17, 15) is 0 Å². The van der Waals surface area contributed by atoms with Gasteiger partial charge in [-0.05, 0) is 7.05 Å². The van der Waals surface area contributed by atoms with Crippen LogP contribution < -0.4 is 16.0 Å². The van der Waals surface area contributed by atoms with Crippen LogP contribution in [0.15, 0.2) is 0 Å². The summed E-state index contributed by atoms with van der Waals surface area (Å²) in [5.41, 5.74) is 0. The second-order valence-corrected chi connectivity index (χ2v) is 5.03. The lowest BCUT2D eigenvalue weighted by Gasteiger charge is -2.33. The van der Waals surface area contributed by atoms with Crippen molar-refractivity contribution in [2.24, 2.45) is 0 Å². The van der Waals surface area contributed by atoms with E-state index < -0.39 is 0 Å². The predicted molar refractivity (Wildman–Crippen MR) is 79.8 cm³/mol. The van der Waals surface area contributed by atoms with E-state index in [0.29, 0.717) is 26.2 Å². The van der Waals surface area contributed by atoms with Crippen molar-refractivity contribution in [2.75, 3.05) is 61.7 Å². The number of rotatable bonds is 4. The maximum atomic E-state index is 5.51. The summed E-state index contributed by atoms with van der Waals surface area (Å²) >= 11 is 0. The van der Waals surface area contributed by atoms with Gasteiger partial charge in [-0.25, -0.2) is 0 Å². The van der Waals surface area contributed by atoms with Crippen LogP contribution in [0.4, 0.5) is 0 Å². The van der Waals surface area contributed by atoms with Crippen LogP contribution in [-0.2, 0) is 18.9 Å². The Kier molecular flexibility index (Phi) is 9.29. The van der Waals surface area contributed by atoms with Crippen LogP contribution in [0, 0.1) is 0 Å². The summed E-state index contributed by atoms with van der Waals surface area (Å²) in [6.45, 7) is 2.62. The molecule has 8 nitrogen and oxygen atoms in total. The van der Waals surface area contributed by atoms with Crippen LogP contribution in [0.5, 0.6) is 0 Å². The molecular formula is C13H30N4O4. The Labute approximate surface area is 127 Å². The van der Waals surface area contributed by atoms with Gasteiger partial charge in [0.2, 0.25) is 0 Å². The smallest absolute Gasteiger partial charge is 0.122 e. The first-order valence-electron chi connectivity index (χ1n) is 7.16. The topological polar surface area (TPSA) is 76.2 Å². The SMILES string of the molecule is COC1CNC(OC)CN(C)C(OC)CNC(OC)CN1. The molecule has 4 atom stereocenters. The lowest BCUT2D eigenvalue weighted by atomic mass is 10.3. The number of hydrogen-bond donors (Lipinski definition) is 3. The minimum Gasteiger partial charge on any atom is -0.365 e. The van der Waals surface area contributed by atoms with Crippen LogP contribution in [0.1, 0.15) is 0 Å². The van der Waals surface area contributed by atoms with Gasteiger partial charge in [0.25, 0.3) is 0 Å². The van der Waals surface area contributed by atoms with Gasteiger partial charge in [-0.2, -0.15) is 0 Å². The molecular weight excluding hydrogens is 276 g/mol. The molecule has 1 aliphatic rings. The van der Waals surface area contributed by atoms with Crippen molar-refractivity contribution >= 4 is 0 Å². The van der Waals surface area contributed by atoms with Crippen molar-refractivity contribution in [3.63, 3.8) is 0 Å². The van der Waals surface area contributed by atoms with E-state index in [1.54, 1.807) is 28.4 Å². The Morgan fingerprint density at radius 3 is 1.67 bits per heavy atom. The van der Waals surface area contributed by atoms with Gasteiger partial charge >= 0.3 is 0 Å². The monoisotopic (exact) mass is 306 g/mol. The highest BCUT2D eigenvalue weighted by Gasteiger charge is 2.22. The minimum atomic E-state index is -0.106. The van der Waals surface area contributed by atoms with Gasteiger partial charge in [0.15, 0.2) is 0 Å². The molecule has 0 spiro atoms. The van der Waals surface area contributed by atoms with E-state index in [-0.39, 0.29) is 24.9 Å². The lowest BCUT2D eigenvalue weighted by Crippen LogP contribution is -2.55. The van der Waals surface area contributed by atoms with E-state index in [4.69, 9.17) is 18.9 Å². The highest BCUT2D eigenvalue weighted by Crippen LogP contribution is 2.01. The third kappa shape index (κ3) is 6.54. The molecule has 0 aromatic rings. The maximum Gasteiger partial charge on any atom is 0.122 e. The molecule has 0 saturated carbocycles. The second-order valence-electron chi connectivity index (χ2n) is 5.03. The van der Waals surface area contributed by atoms with E-state index in [0.717, 1.165) is 0 Å². The zero-order chi connectivity index (χ0) is 15.7. The van der Waals surface area contributed by atoms with Crippen molar-refractivity contribution in [1.29, 1.82) is 0 Å². The molecule has 0 aliphatic carbocycles. The van der Waals surface area contributed by atoms with Gasteiger partial charge in [-0.3, -0.25) is 20.9 Å². The van der Waals surface area contributed by atoms with E-state index in [2.05, 4.69) is 20.9 Å². The maximum absolute atomic E-state index is 5.51. The summed E-state index contributed by atoms with van der Waals surface area (Å²) < 4.78 is 21.8. The van der Waals surface area contributed by atoms with E-state index in [1.807, 2.05) is 7.05 Å². The average molecular weight is 306 g/mol. The molecule has 0 bridgehead atoms. The molecule has 1 rings (SSSR count). The Morgan fingerprint density at radius 2 is 1.19 bits per heavy atom. The van der Waals surface area contributed by atoms with Crippen molar-refractivity contribution < 1.29 is 18.9 Å². The molecule has 0 aromatic carbocycles. The van der Waals surface area contributed by atoms with Crippen molar-refractivity contribution in [2.45, 2.75) is 24.9 Å². The van der Waals surface area contributed by atoms with Gasteiger partial charge in [0, 0.05) is 54.6 Å². The fourth-order valence-corrected chi connectivity index (χ4v) is 2.21. The van der Waals surface area contributed by atoms with Gasteiger partial charge < -0.3 is 18.9 Å². The summed E-state index contributed by atoms with van der Waals surface area (Å²) in [5, 5.41) is 9.95. The fourth-order valence-electron chi connectivity index (χ4n) is 2.21. The predicted octanol–water partition coefficient (Wildman–Crippen LogP) is -1.41. The summed E-state index contributed by atoms with van der Waals surface area (Å²) in [6.07, 6.45) is -0.360. The number of ether oxygens (including phenoxy) is 4. The molecule has 8 heteroatoms. The first kappa shape index (κ1) is 18.7. The quantitative estimate of drug-likeness (QED) is 0.585. The summed E-state index contributed by atoms with van der Waals surface area (Å²) in [5.74, 6) is 0. The van der Waals surface area contributed by atoms with Crippen LogP contribution in [0.3, 0.4) is 0 Å². The number of hydrogen-bond acceptors (Lipinski definition) is 8. The molecule has 21 heavy (non-hydrogen) atoms. The Hall–Kier alpha value is -0.320. The van der Waals surface area contributed by atoms with Gasteiger partial charge in [-0.1, -0.05) is 0 Å². The van der Waals surface area contributed by atoms with Gasteiger partial charge in [-0.15, -0.1) is 0 Å². The minimum absolute atomic E-state index is 0.0558. The zero-order valence-corrected chi connectivity index (χ0v) is 13.7. The largest absolute Gasteiger partial charge is 0.365 e. The van der Waals surface area contributed by atoms with Gasteiger partial charge in [0.1, 0.15) is 24.9 Å². The number of nitrogens with one attached hydrogen (secondary N) is 3. The van der Waals surface area contributed by atoms with Crippen LogP contribution in [0.2, 0.25) is 0 Å². The third-order valence-corrected chi connectivity index (χ3v) is 3.65. The standard InChI is InChI=1S/C13H30N4O4/c1-17-9-12(20-4)15-7-10(18-2)14-6-11(19-3)16-8-13(17)21-5/h10-16H,6-9H2,1-5H3. The Balaban J connectivity index is 2.70. The van der Waals surface area contributed by atoms with E-state index in [1.165, 1.54) is 0 Å². The molecule has 0 radical (unpaired) electrons. The van der Waals surface area contributed by atoms with Crippen molar-refractivity contribution in [3.8, 4) is 0 Å². The molecule has 3 N–H and O–H groups in total. The van der Waals surface area contributed by atoms with E-state index >= 15 is 0 Å². The number of nitrogens with zero attached hydrogens (tertiary/aromatic N) is 1. The highest BCUT2D eigenvalue weighted by atomic mass is 16.5. The normalized spacial score (nSPS) is 34.1. The summed E-state index contributed by atoms with van der Waals surface area (Å²) in [7, 11) is 8.74. The Morgan fingerprint density at radius 1 is 0.714 bits per heavy atom. The highest BCUT2D eigenvalue weighted by molar-refractivity contribution is 4.73. The molecule has 1 fully saturated rings. The first-order chi connectivity index (χ1) is 10.1. The fraction of sp³-hybridized carbons (Fsp3) is 1.00. The third-order valence-electron chi connectivity index (χ3n) is 3.65. The molecule has 1 saturated heterocycles. The van der Waals surface area contributed by atoms with Crippen LogP contribution in [-0.4, -0.2) is 91.5 Å². The first-order valence-corrected chi connectivity index (χ1v) is 7.16. The Bertz CT molecular complexity index is 273. The molecule has 4 unspecified atom stereocenters. The van der Waals surface area contributed by atoms with Gasteiger partial charge in [0.05, 0.1) is 0 Å². The summed E-state index contributed by atoms with van der Waals surface area (Å²) in [6, 6.07) is 0. The molecule has 0 amide bonds. The number of methoxy groups -OCH3 is 4. The zero-order valence-electron chi connectivity index (χ0n) is 13.7. The summed E-state index contributed by atoms with van der Waals surface area (Å²) in [4.78, 5) is 2.09. The number of likely N-dealkylation sites (N-methyl/N-ethyl adjacent to an activating group) is 1. The molecule has 1 aliphatic heterocycles. The molecule has 1 heterocycles. The van der Waals surface area contributed by atoms with Crippen LogP contribution >= 0.6 is 0 Å². The van der Waals surface area contributed by atoms with Crippen LogP contribution in [0.25, 0.3) is 0 Å². The molecule has 0 aromatic heterocycles. The average Bonchev–Trinajstić information content (AvgIpc) is 2.50.